The summed E-state index contributed by atoms with van der Waals surface area (Å²) in [5.74, 6) is 0.527. The van der Waals surface area contributed by atoms with Crippen molar-refractivity contribution < 1.29 is 9.13 Å². The lowest BCUT2D eigenvalue weighted by molar-refractivity contribution is 0.419. The smallest absolute Gasteiger partial charge is 0.141 e. The summed E-state index contributed by atoms with van der Waals surface area (Å²) in [6.07, 6.45) is 0. The number of rotatable bonds is 2. The van der Waals surface area contributed by atoms with E-state index in [0.717, 1.165) is 16.1 Å². The second-order valence-electron chi connectivity index (χ2n) is 3.47. The molecule has 0 saturated heterocycles. The Kier molecular flexibility index (Phi) is 2.52. The first kappa shape index (κ1) is 10.2. The molecule has 1 aromatic heterocycles. The Morgan fingerprint density at radius 2 is 2.07 bits per heavy atom. The number of benzene rings is 1. The van der Waals surface area contributed by atoms with E-state index in [9.17, 15) is 4.39 Å². The maximum absolute atomic E-state index is 13.5. The van der Waals surface area contributed by atoms with Crippen LogP contribution in [0, 0.1) is 5.82 Å². The first-order valence-corrected chi connectivity index (χ1v) is 5.38. The van der Waals surface area contributed by atoms with Gasteiger partial charge < -0.3 is 9.64 Å². The molecule has 0 atom stereocenters. The molecule has 1 heterocycles. The molecule has 0 aliphatic rings. The molecule has 0 saturated carbocycles. The van der Waals surface area contributed by atoms with E-state index in [2.05, 4.69) is 0 Å². The fraction of sp³-hybridized carbons (Fsp3) is 0.273. The lowest BCUT2D eigenvalue weighted by Crippen LogP contribution is -2.05. The van der Waals surface area contributed by atoms with Gasteiger partial charge in [0.2, 0.25) is 0 Å². The quantitative estimate of drug-likeness (QED) is 0.778. The van der Waals surface area contributed by atoms with E-state index >= 15 is 0 Å². The minimum absolute atomic E-state index is 0.191. The fourth-order valence-electron chi connectivity index (χ4n) is 1.45. The van der Waals surface area contributed by atoms with Crippen LogP contribution in [0.15, 0.2) is 18.2 Å². The van der Waals surface area contributed by atoms with E-state index < -0.39 is 0 Å². The van der Waals surface area contributed by atoms with Crippen molar-refractivity contribution in [2.24, 2.45) is 0 Å². The number of nitrogens with zero attached hydrogens (tertiary/aromatic N) is 1. The summed E-state index contributed by atoms with van der Waals surface area (Å²) in [7, 11) is 5.48. The molecule has 0 bridgehead atoms. The third kappa shape index (κ3) is 1.65. The molecular formula is C11H12FNOS. The zero-order chi connectivity index (χ0) is 11.0. The third-order valence-corrected chi connectivity index (χ3v) is 3.55. The van der Waals surface area contributed by atoms with Crippen LogP contribution < -0.4 is 9.64 Å². The highest BCUT2D eigenvalue weighted by molar-refractivity contribution is 7.22. The van der Waals surface area contributed by atoms with Gasteiger partial charge in [0, 0.05) is 19.5 Å². The van der Waals surface area contributed by atoms with Gasteiger partial charge >= 0.3 is 0 Å². The van der Waals surface area contributed by atoms with Crippen LogP contribution in [0.2, 0.25) is 0 Å². The lowest BCUT2D eigenvalue weighted by Gasteiger charge is -2.06. The normalized spacial score (nSPS) is 10.7. The van der Waals surface area contributed by atoms with Gasteiger partial charge in [0.15, 0.2) is 0 Å². The van der Waals surface area contributed by atoms with E-state index in [4.69, 9.17) is 4.74 Å². The van der Waals surface area contributed by atoms with Crippen molar-refractivity contribution in [2.45, 2.75) is 0 Å². The summed E-state index contributed by atoms with van der Waals surface area (Å²) in [6, 6.07) is 5.04. The summed E-state index contributed by atoms with van der Waals surface area (Å²) < 4.78 is 19.4. The average Bonchev–Trinajstić information content (AvgIpc) is 2.64. The maximum atomic E-state index is 13.5. The van der Waals surface area contributed by atoms with Gasteiger partial charge in [-0.2, -0.15) is 0 Å². The molecule has 4 heteroatoms. The number of anilines is 1. The number of hydrogen-bond acceptors (Lipinski definition) is 3. The number of hydrogen-bond donors (Lipinski definition) is 0. The molecule has 2 nitrogen and oxygen atoms in total. The lowest BCUT2D eigenvalue weighted by atomic mass is 10.2. The van der Waals surface area contributed by atoms with Crippen LogP contribution in [-0.2, 0) is 0 Å². The molecule has 2 aromatic rings. The second-order valence-corrected chi connectivity index (χ2v) is 4.50. The van der Waals surface area contributed by atoms with Crippen molar-refractivity contribution in [3.63, 3.8) is 0 Å². The minimum atomic E-state index is -0.191. The number of thiophene rings is 1. The predicted octanol–water partition coefficient (Wildman–Crippen LogP) is 3.12. The summed E-state index contributed by atoms with van der Waals surface area (Å²) in [5, 5.41) is 1.86. The molecule has 15 heavy (non-hydrogen) atoms. The standard InChI is InChI=1S/C11H12FNOS/c1-13(2)10-6-7-9(14-3)5-4-8(12)11(7)15-10/h4-6H,1-3H3. The molecule has 0 aliphatic carbocycles. The topological polar surface area (TPSA) is 12.5 Å². The van der Waals surface area contributed by atoms with Gasteiger partial charge in [-0.3, -0.25) is 0 Å². The molecule has 80 valence electrons. The Hall–Kier alpha value is -1.29. The van der Waals surface area contributed by atoms with Crippen molar-refractivity contribution in [1.29, 1.82) is 0 Å². The van der Waals surface area contributed by atoms with Crippen molar-refractivity contribution in [2.75, 3.05) is 26.1 Å². The Balaban J connectivity index is 2.72. The molecule has 2 rings (SSSR count). The van der Waals surface area contributed by atoms with Crippen molar-refractivity contribution in [3.05, 3.63) is 24.0 Å². The highest BCUT2D eigenvalue weighted by Gasteiger charge is 2.11. The first-order valence-electron chi connectivity index (χ1n) is 4.57. The average molecular weight is 225 g/mol. The molecule has 0 radical (unpaired) electrons. The van der Waals surface area contributed by atoms with E-state index in [0.29, 0.717) is 4.70 Å². The highest BCUT2D eigenvalue weighted by atomic mass is 32.1. The molecule has 0 unspecified atom stereocenters. The van der Waals surface area contributed by atoms with Gasteiger partial charge in [0.1, 0.15) is 11.6 Å². The van der Waals surface area contributed by atoms with Crippen LogP contribution in [0.4, 0.5) is 9.39 Å². The number of fused-ring (bicyclic) bond motifs is 1. The minimum Gasteiger partial charge on any atom is -0.496 e. The van der Waals surface area contributed by atoms with Crippen LogP contribution in [0.3, 0.4) is 0 Å². The third-order valence-electron chi connectivity index (χ3n) is 2.24. The van der Waals surface area contributed by atoms with Gasteiger partial charge in [-0.05, 0) is 18.2 Å². The second kappa shape index (κ2) is 3.70. The van der Waals surface area contributed by atoms with Crippen LogP contribution in [-0.4, -0.2) is 21.2 Å². The molecule has 0 N–H and O–H groups in total. The number of methoxy groups -OCH3 is 1. The van der Waals surface area contributed by atoms with Crippen LogP contribution in [0.1, 0.15) is 0 Å². The fourth-order valence-corrected chi connectivity index (χ4v) is 2.45. The van der Waals surface area contributed by atoms with E-state index in [1.54, 1.807) is 13.2 Å². The zero-order valence-corrected chi connectivity index (χ0v) is 9.69. The SMILES string of the molecule is COc1ccc(F)c2sc(N(C)C)cc12. The Bertz CT molecular complexity index is 493. The summed E-state index contributed by atoms with van der Waals surface area (Å²) in [5.41, 5.74) is 0. The molecule has 0 amide bonds. The van der Waals surface area contributed by atoms with Crippen LogP contribution in [0.5, 0.6) is 5.75 Å². The Morgan fingerprint density at radius 1 is 1.33 bits per heavy atom. The van der Waals surface area contributed by atoms with Gasteiger partial charge in [-0.25, -0.2) is 4.39 Å². The van der Waals surface area contributed by atoms with E-state index in [1.807, 2.05) is 25.1 Å². The maximum Gasteiger partial charge on any atom is 0.141 e. The van der Waals surface area contributed by atoms with Crippen molar-refractivity contribution in [3.8, 4) is 5.75 Å². The number of halogens is 1. The van der Waals surface area contributed by atoms with Crippen LogP contribution >= 0.6 is 11.3 Å². The van der Waals surface area contributed by atoms with Gasteiger partial charge in [0.05, 0.1) is 16.8 Å². The van der Waals surface area contributed by atoms with Crippen molar-refractivity contribution >= 4 is 26.4 Å². The molecule has 0 aliphatic heterocycles. The zero-order valence-electron chi connectivity index (χ0n) is 8.87. The Morgan fingerprint density at radius 3 is 2.67 bits per heavy atom. The van der Waals surface area contributed by atoms with E-state index in [-0.39, 0.29) is 5.82 Å². The Labute approximate surface area is 91.9 Å². The molecule has 0 spiro atoms. The van der Waals surface area contributed by atoms with Gasteiger partial charge in [-0.1, -0.05) is 0 Å². The largest absolute Gasteiger partial charge is 0.496 e. The molecule has 1 aromatic carbocycles. The van der Waals surface area contributed by atoms with Gasteiger partial charge in [0.25, 0.3) is 0 Å². The van der Waals surface area contributed by atoms with Crippen LogP contribution in [0.25, 0.3) is 10.1 Å². The van der Waals surface area contributed by atoms with Crippen molar-refractivity contribution in [1.82, 2.24) is 0 Å². The molecular weight excluding hydrogens is 213 g/mol. The highest BCUT2D eigenvalue weighted by Crippen LogP contribution is 2.38. The van der Waals surface area contributed by atoms with E-state index in [1.165, 1.54) is 17.4 Å². The summed E-state index contributed by atoms with van der Waals surface area (Å²) >= 11 is 1.43. The predicted molar refractivity (Wildman–Crippen MR) is 62.7 cm³/mol. The summed E-state index contributed by atoms with van der Waals surface area (Å²) in [6.45, 7) is 0. The number of ether oxygens (including phenoxy) is 1. The van der Waals surface area contributed by atoms with Gasteiger partial charge in [-0.15, -0.1) is 11.3 Å². The first-order chi connectivity index (χ1) is 7.13. The molecule has 0 fully saturated rings. The monoisotopic (exact) mass is 225 g/mol. The summed E-state index contributed by atoms with van der Waals surface area (Å²) in [4.78, 5) is 1.96.